The summed E-state index contributed by atoms with van der Waals surface area (Å²) in [6, 6.07) is 6.95. The maximum absolute atomic E-state index is 12.3. The van der Waals surface area contributed by atoms with Gasteiger partial charge in [-0.3, -0.25) is 19.5 Å². The second-order valence-electron chi connectivity index (χ2n) is 5.82. The fourth-order valence-electron chi connectivity index (χ4n) is 2.96. The van der Waals surface area contributed by atoms with E-state index in [1.54, 1.807) is 31.3 Å². The van der Waals surface area contributed by atoms with Crippen LogP contribution in [0.2, 0.25) is 0 Å². The summed E-state index contributed by atoms with van der Waals surface area (Å²) in [4.78, 5) is 30.0. The lowest BCUT2D eigenvalue weighted by atomic mass is 10.1. The van der Waals surface area contributed by atoms with E-state index in [1.165, 1.54) is 23.5 Å². The van der Waals surface area contributed by atoms with E-state index in [9.17, 15) is 9.59 Å². The van der Waals surface area contributed by atoms with Crippen LogP contribution in [-0.2, 0) is 0 Å². The summed E-state index contributed by atoms with van der Waals surface area (Å²) in [5, 5.41) is 7.12. The Morgan fingerprint density at radius 2 is 1.96 bits per heavy atom. The highest BCUT2D eigenvalue weighted by molar-refractivity contribution is 8.00. The van der Waals surface area contributed by atoms with Gasteiger partial charge in [0.05, 0.1) is 11.1 Å². The Morgan fingerprint density at radius 1 is 1.25 bits per heavy atom. The van der Waals surface area contributed by atoms with Crippen molar-refractivity contribution in [2.75, 3.05) is 32.4 Å². The molecule has 2 heterocycles. The molecular formula is C17H22N4O2S. The molecule has 0 saturated carbocycles. The molecule has 1 saturated heterocycles. The van der Waals surface area contributed by atoms with Crippen LogP contribution in [0.5, 0.6) is 0 Å². The number of nitrogens with one attached hydrogen (secondary N) is 2. The maximum Gasteiger partial charge on any atom is 0.261 e. The largest absolute Gasteiger partial charge is 0.355 e. The van der Waals surface area contributed by atoms with Gasteiger partial charge < -0.3 is 10.6 Å². The molecule has 1 unspecified atom stereocenters. The van der Waals surface area contributed by atoms with Gasteiger partial charge in [-0.15, -0.1) is 0 Å². The van der Waals surface area contributed by atoms with Crippen molar-refractivity contribution >= 4 is 29.5 Å². The van der Waals surface area contributed by atoms with Gasteiger partial charge in [0.2, 0.25) is 0 Å². The average Bonchev–Trinajstić information content (AvgIpc) is 3.21. The van der Waals surface area contributed by atoms with Gasteiger partial charge in [0.25, 0.3) is 11.8 Å². The molecular weight excluding hydrogens is 324 g/mol. The van der Waals surface area contributed by atoms with E-state index in [2.05, 4.69) is 15.6 Å². The third-order valence-corrected chi connectivity index (χ3v) is 5.65. The van der Waals surface area contributed by atoms with Crippen LogP contribution in [-0.4, -0.2) is 60.4 Å². The number of rotatable bonds is 5. The van der Waals surface area contributed by atoms with E-state index in [0.717, 1.165) is 6.54 Å². The van der Waals surface area contributed by atoms with Crippen LogP contribution in [0.4, 0.5) is 0 Å². The Bertz CT molecular complexity index is 621. The molecule has 2 N–H and O–H groups in total. The Labute approximate surface area is 146 Å². The number of carbonyl (C=O) groups is 2. The first-order valence-electron chi connectivity index (χ1n) is 8.22. The van der Waals surface area contributed by atoms with Gasteiger partial charge in [-0.05, 0) is 30.7 Å². The lowest BCUT2D eigenvalue weighted by Crippen LogP contribution is -2.44. The molecule has 1 atom stereocenters. The molecule has 1 aromatic rings. The summed E-state index contributed by atoms with van der Waals surface area (Å²) in [5.41, 5.74) is 0.978. The highest BCUT2D eigenvalue weighted by atomic mass is 32.2. The van der Waals surface area contributed by atoms with Gasteiger partial charge in [-0.2, -0.15) is 11.8 Å². The minimum atomic E-state index is -0.220. The molecule has 2 aliphatic rings. The summed E-state index contributed by atoms with van der Waals surface area (Å²) in [5.74, 6) is 1.50. The number of amides is 2. The first kappa shape index (κ1) is 16.8. The molecule has 2 amide bonds. The fraction of sp³-hybridized carbons (Fsp3) is 0.471. The molecule has 0 bridgehead atoms. The van der Waals surface area contributed by atoms with Gasteiger partial charge in [-0.25, -0.2) is 0 Å². The maximum atomic E-state index is 12.3. The first-order valence-corrected chi connectivity index (χ1v) is 9.27. The summed E-state index contributed by atoms with van der Waals surface area (Å²) in [6.07, 6.45) is 2.52. The number of hydrogen-bond donors (Lipinski definition) is 2. The van der Waals surface area contributed by atoms with E-state index in [4.69, 9.17) is 0 Å². The van der Waals surface area contributed by atoms with Crippen molar-refractivity contribution in [3.8, 4) is 0 Å². The quantitative estimate of drug-likeness (QED) is 0.478. The molecule has 0 spiro atoms. The fourth-order valence-corrected chi connectivity index (χ4v) is 4.17. The molecule has 24 heavy (non-hydrogen) atoms. The zero-order valence-corrected chi connectivity index (χ0v) is 14.6. The van der Waals surface area contributed by atoms with Crippen molar-refractivity contribution in [2.24, 2.45) is 4.99 Å². The van der Waals surface area contributed by atoms with Crippen LogP contribution in [0.25, 0.3) is 0 Å². The van der Waals surface area contributed by atoms with E-state index < -0.39 is 0 Å². The standard InChI is InChI=1S/C17H22N4O2S/c1-18-17(20-11-12-5-4-10-24-12)19-8-9-21-15(22)13-6-2-3-7-14(13)16(21)23/h2-3,6-7,12H,4-5,8-11H2,1H3,(H2,18,19,20). The zero-order chi connectivity index (χ0) is 16.9. The number of guanidine groups is 1. The number of nitrogens with zero attached hydrogens (tertiary/aromatic N) is 2. The SMILES string of the molecule is CN=C(NCCN1C(=O)c2ccccc2C1=O)NCC1CCCS1. The molecule has 0 radical (unpaired) electrons. The molecule has 3 rings (SSSR count). The molecule has 128 valence electrons. The van der Waals surface area contributed by atoms with Crippen molar-refractivity contribution in [3.05, 3.63) is 35.4 Å². The summed E-state index contributed by atoms with van der Waals surface area (Å²) in [7, 11) is 1.72. The van der Waals surface area contributed by atoms with Crippen molar-refractivity contribution in [3.63, 3.8) is 0 Å². The number of carbonyl (C=O) groups excluding carboxylic acids is 2. The molecule has 0 aliphatic carbocycles. The zero-order valence-electron chi connectivity index (χ0n) is 13.7. The topological polar surface area (TPSA) is 73.8 Å². The third kappa shape index (κ3) is 3.56. The number of aliphatic imine (C=N–C) groups is 1. The van der Waals surface area contributed by atoms with Crippen molar-refractivity contribution in [1.29, 1.82) is 0 Å². The van der Waals surface area contributed by atoms with Crippen LogP contribution in [0.15, 0.2) is 29.3 Å². The Kier molecular flexibility index (Phi) is 5.40. The van der Waals surface area contributed by atoms with Gasteiger partial charge in [-0.1, -0.05) is 12.1 Å². The minimum absolute atomic E-state index is 0.220. The van der Waals surface area contributed by atoms with E-state index >= 15 is 0 Å². The first-order chi connectivity index (χ1) is 11.7. The van der Waals surface area contributed by atoms with Crippen LogP contribution in [0, 0.1) is 0 Å². The predicted octanol–water partition coefficient (Wildman–Crippen LogP) is 1.34. The molecule has 2 aliphatic heterocycles. The molecule has 0 aromatic heterocycles. The molecule has 1 aromatic carbocycles. The molecule has 7 heteroatoms. The highest BCUT2D eigenvalue weighted by Gasteiger charge is 2.34. The Balaban J connectivity index is 1.47. The second-order valence-corrected chi connectivity index (χ2v) is 7.23. The Morgan fingerprint density at radius 3 is 2.54 bits per heavy atom. The number of hydrogen-bond acceptors (Lipinski definition) is 4. The smallest absolute Gasteiger partial charge is 0.261 e. The average molecular weight is 346 g/mol. The second kappa shape index (κ2) is 7.70. The number of fused-ring (bicyclic) bond motifs is 1. The van der Waals surface area contributed by atoms with Crippen LogP contribution < -0.4 is 10.6 Å². The van der Waals surface area contributed by atoms with Gasteiger partial charge in [0, 0.05) is 31.9 Å². The Hall–Kier alpha value is -2.02. The number of imide groups is 1. The number of benzene rings is 1. The number of thioether (sulfide) groups is 1. The summed E-state index contributed by atoms with van der Waals surface area (Å²) in [6.45, 7) is 1.69. The minimum Gasteiger partial charge on any atom is -0.355 e. The lowest BCUT2D eigenvalue weighted by Gasteiger charge is -2.17. The van der Waals surface area contributed by atoms with Crippen molar-refractivity contribution in [1.82, 2.24) is 15.5 Å². The predicted molar refractivity (Wildman–Crippen MR) is 96.7 cm³/mol. The van der Waals surface area contributed by atoms with E-state index in [1.807, 2.05) is 11.8 Å². The third-order valence-electron chi connectivity index (χ3n) is 4.25. The normalized spacial score (nSPS) is 20.5. The summed E-state index contributed by atoms with van der Waals surface area (Å²) >= 11 is 1.99. The monoisotopic (exact) mass is 346 g/mol. The van der Waals surface area contributed by atoms with Gasteiger partial charge in [0.15, 0.2) is 5.96 Å². The van der Waals surface area contributed by atoms with E-state index in [-0.39, 0.29) is 11.8 Å². The summed E-state index contributed by atoms with van der Waals surface area (Å²) < 4.78 is 0. The lowest BCUT2D eigenvalue weighted by molar-refractivity contribution is 0.0657. The van der Waals surface area contributed by atoms with Crippen molar-refractivity contribution in [2.45, 2.75) is 18.1 Å². The highest BCUT2D eigenvalue weighted by Crippen LogP contribution is 2.25. The van der Waals surface area contributed by atoms with Crippen LogP contribution >= 0.6 is 11.8 Å². The van der Waals surface area contributed by atoms with Crippen molar-refractivity contribution < 1.29 is 9.59 Å². The molecule has 1 fully saturated rings. The van der Waals surface area contributed by atoms with Crippen LogP contribution in [0.1, 0.15) is 33.6 Å². The van der Waals surface area contributed by atoms with Gasteiger partial charge in [0.1, 0.15) is 0 Å². The van der Waals surface area contributed by atoms with Crippen LogP contribution in [0.3, 0.4) is 0 Å². The molecule has 6 nitrogen and oxygen atoms in total. The van der Waals surface area contributed by atoms with Gasteiger partial charge >= 0.3 is 0 Å². The van der Waals surface area contributed by atoms with E-state index in [0.29, 0.717) is 35.4 Å².